The second kappa shape index (κ2) is 10.3. The number of hydrogen-bond donors (Lipinski definition) is 4. The summed E-state index contributed by atoms with van der Waals surface area (Å²) in [6, 6.07) is -1.86. The van der Waals surface area contributed by atoms with Gasteiger partial charge in [0.15, 0.2) is 0 Å². The highest BCUT2D eigenvalue weighted by atomic mass is 16.6. The van der Waals surface area contributed by atoms with E-state index in [1.54, 1.807) is 6.92 Å². The second-order valence-corrected chi connectivity index (χ2v) is 11.1. The van der Waals surface area contributed by atoms with Crippen LogP contribution in [0.1, 0.15) is 78.1 Å². The lowest BCUT2D eigenvalue weighted by atomic mass is 10.1. The Morgan fingerprint density at radius 1 is 1.09 bits per heavy atom. The molecular weight excluding hydrogens is 454 g/mol. The lowest BCUT2D eigenvalue weighted by Crippen LogP contribution is -2.56. The number of carboxylic acid groups (broad SMARTS) is 1. The van der Waals surface area contributed by atoms with Crippen molar-refractivity contribution in [3.05, 3.63) is 0 Å². The quantitative estimate of drug-likeness (QED) is 0.321. The monoisotopic (exact) mass is 493 g/mol. The van der Waals surface area contributed by atoms with Crippen LogP contribution in [0.5, 0.6) is 0 Å². The van der Waals surface area contributed by atoms with Gasteiger partial charge in [-0.2, -0.15) is 0 Å². The predicted octanol–water partition coefficient (Wildman–Crippen LogP) is 1.79. The lowest BCUT2D eigenvalue weighted by molar-refractivity contribution is -0.145. The zero-order valence-electron chi connectivity index (χ0n) is 20.7. The van der Waals surface area contributed by atoms with Crippen molar-refractivity contribution < 1.29 is 34.1 Å². The Morgan fingerprint density at radius 2 is 1.77 bits per heavy atom. The van der Waals surface area contributed by atoms with E-state index in [1.807, 2.05) is 0 Å². The van der Waals surface area contributed by atoms with Crippen LogP contribution in [-0.4, -0.2) is 75.4 Å². The number of aliphatic hydroxyl groups excluding tert-OH is 1. The maximum absolute atomic E-state index is 13.5. The molecule has 1 saturated heterocycles. The number of amides is 3. The molecule has 10 nitrogen and oxygen atoms in total. The molecule has 8 atom stereocenters. The summed E-state index contributed by atoms with van der Waals surface area (Å²) >= 11 is 0. The Bertz CT molecular complexity index is 841. The summed E-state index contributed by atoms with van der Waals surface area (Å²) in [6.45, 7) is 3.79. The molecule has 1 aliphatic heterocycles. The molecule has 35 heavy (non-hydrogen) atoms. The van der Waals surface area contributed by atoms with Crippen molar-refractivity contribution in [2.75, 3.05) is 6.54 Å². The highest BCUT2D eigenvalue weighted by Gasteiger charge is 2.60. The largest absolute Gasteiger partial charge is 0.479 e. The van der Waals surface area contributed by atoms with Crippen LogP contribution in [0, 0.1) is 17.8 Å². The van der Waals surface area contributed by atoms with Crippen molar-refractivity contribution in [2.45, 2.75) is 108 Å². The molecule has 0 spiro atoms. The van der Waals surface area contributed by atoms with E-state index in [1.165, 1.54) is 11.3 Å². The molecule has 0 radical (unpaired) electrons. The molecule has 0 bridgehead atoms. The summed E-state index contributed by atoms with van der Waals surface area (Å²) in [5, 5.41) is 25.2. The number of aliphatic carboxylic acids is 1. The standard InChI is InChI=1S/C25H39N3O7/c1-3-4-5-6-7-19(26-24(34)35-18-9-15-8-16(15)10-18)22(31)28-13-17(29)11-20(28)21(30)27-25(23(32)33)12-14(25)2/h14-20,29H,3-13H2,1-2H3,(H,26,34)(H,27,30)(H,32,33)/t14?,15-,16+,17-,18?,19+,20+,25-/m1/s1. The zero-order chi connectivity index (χ0) is 25.3. The molecule has 1 heterocycles. The van der Waals surface area contributed by atoms with Gasteiger partial charge in [-0.3, -0.25) is 9.59 Å². The highest BCUT2D eigenvalue weighted by molar-refractivity contribution is 5.95. The van der Waals surface area contributed by atoms with E-state index in [4.69, 9.17) is 4.74 Å². The summed E-state index contributed by atoms with van der Waals surface area (Å²) in [5.74, 6) is -1.01. The SMILES string of the molecule is CCCCCC[C@H](NC(=O)OC1C[C@@H]2C[C@@H]2C1)C(=O)N1C[C@H](O)C[C@H]1C(=O)N[C@]1(C(=O)O)CC1C. The third-order valence-electron chi connectivity index (χ3n) is 8.31. The smallest absolute Gasteiger partial charge is 0.408 e. The molecule has 4 fully saturated rings. The molecule has 0 aromatic rings. The second-order valence-electron chi connectivity index (χ2n) is 11.1. The van der Waals surface area contributed by atoms with Gasteiger partial charge < -0.3 is 30.5 Å². The van der Waals surface area contributed by atoms with Crippen LogP contribution in [0.2, 0.25) is 0 Å². The number of β-amino-alcohol motifs (C(OH)–C–C–N with tert-alkyl or cyclic N) is 1. The fraction of sp³-hybridized carbons (Fsp3) is 0.840. The minimum absolute atomic E-state index is 0.0273. The summed E-state index contributed by atoms with van der Waals surface area (Å²) in [4.78, 5) is 52.2. The third-order valence-corrected chi connectivity index (χ3v) is 8.31. The van der Waals surface area contributed by atoms with Crippen LogP contribution >= 0.6 is 0 Å². The first kappa shape index (κ1) is 25.7. The van der Waals surface area contributed by atoms with E-state index in [0.29, 0.717) is 24.7 Å². The Kier molecular flexibility index (Phi) is 7.59. The van der Waals surface area contributed by atoms with Crippen LogP contribution < -0.4 is 10.6 Å². The number of unbranched alkanes of at least 4 members (excludes halogenated alkanes) is 3. The number of rotatable bonds is 11. The van der Waals surface area contributed by atoms with E-state index in [0.717, 1.165) is 38.5 Å². The number of fused-ring (bicyclic) bond motifs is 1. The fourth-order valence-corrected chi connectivity index (χ4v) is 5.87. The fourth-order valence-electron chi connectivity index (χ4n) is 5.87. The Balaban J connectivity index is 1.40. The van der Waals surface area contributed by atoms with E-state index < -0.39 is 47.6 Å². The average molecular weight is 494 g/mol. The van der Waals surface area contributed by atoms with Crippen molar-refractivity contribution in [3.63, 3.8) is 0 Å². The summed E-state index contributed by atoms with van der Waals surface area (Å²) in [5.41, 5.74) is -1.32. The Morgan fingerprint density at radius 3 is 2.37 bits per heavy atom. The molecule has 4 aliphatic rings. The van der Waals surface area contributed by atoms with E-state index in [-0.39, 0.29) is 25.0 Å². The van der Waals surface area contributed by atoms with Crippen molar-refractivity contribution in [1.29, 1.82) is 0 Å². The number of nitrogens with zero attached hydrogens (tertiary/aromatic N) is 1. The van der Waals surface area contributed by atoms with Gasteiger partial charge in [0.2, 0.25) is 11.8 Å². The number of nitrogens with one attached hydrogen (secondary N) is 2. The maximum Gasteiger partial charge on any atom is 0.408 e. The predicted molar refractivity (Wildman–Crippen MR) is 125 cm³/mol. The first-order chi connectivity index (χ1) is 16.6. The Hall–Kier alpha value is -2.36. The van der Waals surface area contributed by atoms with E-state index in [9.17, 15) is 29.4 Å². The molecular formula is C25H39N3O7. The van der Waals surface area contributed by atoms with Gasteiger partial charge in [0.25, 0.3) is 0 Å². The number of ether oxygens (including phenoxy) is 1. The average Bonchev–Trinajstić information content (AvgIpc) is 3.57. The number of carbonyl (C=O) groups excluding carboxylic acids is 3. The van der Waals surface area contributed by atoms with Crippen molar-refractivity contribution >= 4 is 23.9 Å². The summed E-state index contributed by atoms with van der Waals surface area (Å²) < 4.78 is 5.58. The van der Waals surface area contributed by atoms with Gasteiger partial charge in [0, 0.05) is 13.0 Å². The third kappa shape index (κ3) is 5.73. The van der Waals surface area contributed by atoms with Crippen LogP contribution in [0.25, 0.3) is 0 Å². The van der Waals surface area contributed by atoms with Gasteiger partial charge in [-0.25, -0.2) is 9.59 Å². The number of carbonyl (C=O) groups is 4. The first-order valence-electron chi connectivity index (χ1n) is 13.2. The van der Waals surface area contributed by atoms with Gasteiger partial charge in [-0.05, 0) is 49.9 Å². The number of aliphatic hydroxyl groups is 1. The topological polar surface area (TPSA) is 145 Å². The maximum atomic E-state index is 13.5. The van der Waals surface area contributed by atoms with E-state index in [2.05, 4.69) is 17.6 Å². The Labute approximate surface area is 206 Å². The number of hydrogen-bond acceptors (Lipinski definition) is 6. The zero-order valence-corrected chi connectivity index (χ0v) is 20.7. The van der Waals surface area contributed by atoms with Crippen molar-refractivity contribution in [2.24, 2.45) is 17.8 Å². The van der Waals surface area contributed by atoms with Crippen LogP contribution in [0.4, 0.5) is 4.79 Å². The summed E-state index contributed by atoms with van der Waals surface area (Å²) in [6.07, 6.45) is 5.76. The van der Waals surface area contributed by atoms with Gasteiger partial charge in [-0.15, -0.1) is 0 Å². The molecule has 196 valence electrons. The normalized spacial score (nSPS) is 35.7. The molecule has 4 N–H and O–H groups in total. The van der Waals surface area contributed by atoms with Crippen LogP contribution in [-0.2, 0) is 19.1 Å². The summed E-state index contributed by atoms with van der Waals surface area (Å²) in [7, 11) is 0. The van der Waals surface area contributed by atoms with E-state index >= 15 is 0 Å². The van der Waals surface area contributed by atoms with Crippen LogP contribution in [0.3, 0.4) is 0 Å². The van der Waals surface area contributed by atoms with Gasteiger partial charge in [-0.1, -0.05) is 39.5 Å². The van der Waals surface area contributed by atoms with Crippen LogP contribution in [0.15, 0.2) is 0 Å². The highest BCUT2D eigenvalue weighted by Crippen LogP contribution is 2.52. The number of likely N-dealkylation sites (tertiary alicyclic amines) is 1. The molecule has 3 amide bonds. The molecule has 2 unspecified atom stereocenters. The van der Waals surface area contributed by atoms with Crippen molar-refractivity contribution in [1.82, 2.24) is 15.5 Å². The molecule has 3 saturated carbocycles. The van der Waals surface area contributed by atoms with Gasteiger partial charge in [0.05, 0.1) is 6.10 Å². The van der Waals surface area contributed by atoms with Gasteiger partial charge in [0.1, 0.15) is 23.7 Å². The molecule has 10 heteroatoms. The molecule has 0 aromatic heterocycles. The number of carboxylic acids is 1. The number of alkyl carbamates (subject to hydrolysis) is 1. The van der Waals surface area contributed by atoms with Crippen molar-refractivity contribution in [3.8, 4) is 0 Å². The van der Waals surface area contributed by atoms with Gasteiger partial charge >= 0.3 is 12.1 Å². The minimum atomic E-state index is -1.32. The molecule has 4 rings (SSSR count). The first-order valence-corrected chi connectivity index (χ1v) is 13.2. The minimum Gasteiger partial charge on any atom is -0.479 e. The molecule has 0 aromatic carbocycles. The lowest BCUT2D eigenvalue weighted by Gasteiger charge is -2.29. The molecule has 3 aliphatic carbocycles.